The van der Waals surface area contributed by atoms with Gasteiger partial charge in [0.25, 0.3) is 0 Å². The van der Waals surface area contributed by atoms with Crippen molar-refractivity contribution < 1.29 is 9.53 Å². The maximum absolute atomic E-state index is 11.8. The van der Waals surface area contributed by atoms with E-state index in [4.69, 9.17) is 4.74 Å². The lowest BCUT2D eigenvalue weighted by Crippen LogP contribution is -2.11. The lowest BCUT2D eigenvalue weighted by molar-refractivity contribution is -0.116. The molecule has 0 bridgehead atoms. The maximum atomic E-state index is 11.8. The zero-order valence-electron chi connectivity index (χ0n) is 12.8. The topological polar surface area (TPSA) is 38.3 Å². The summed E-state index contributed by atoms with van der Waals surface area (Å²) >= 11 is 0. The molecular weight excluding hydrogens is 250 g/mol. The van der Waals surface area contributed by atoms with E-state index in [-0.39, 0.29) is 5.91 Å². The zero-order chi connectivity index (χ0) is 14.6. The Labute approximate surface area is 122 Å². The Hall–Kier alpha value is -1.51. The maximum Gasteiger partial charge on any atom is 0.224 e. The molecule has 1 aromatic rings. The second-order valence-electron chi connectivity index (χ2n) is 5.12. The summed E-state index contributed by atoms with van der Waals surface area (Å²) in [5, 5.41) is 2.91. The number of amides is 1. The third-order valence-corrected chi connectivity index (χ3v) is 3.39. The van der Waals surface area contributed by atoms with Gasteiger partial charge in [-0.1, -0.05) is 57.6 Å². The van der Waals surface area contributed by atoms with E-state index in [1.54, 1.807) is 7.11 Å². The molecule has 0 aliphatic carbocycles. The summed E-state index contributed by atoms with van der Waals surface area (Å²) in [6.45, 7) is 2.22. The highest BCUT2D eigenvalue weighted by Gasteiger charge is 2.06. The van der Waals surface area contributed by atoms with E-state index in [9.17, 15) is 4.79 Å². The van der Waals surface area contributed by atoms with Gasteiger partial charge in [-0.2, -0.15) is 0 Å². The molecule has 0 spiro atoms. The van der Waals surface area contributed by atoms with Crippen molar-refractivity contribution in [1.82, 2.24) is 0 Å². The Morgan fingerprint density at radius 2 is 1.70 bits per heavy atom. The Balaban J connectivity index is 2.17. The van der Waals surface area contributed by atoms with Crippen LogP contribution >= 0.6 is 0 Å². The average molecular weight is 277 g/mol. The molecule has 0 fully saturated rings. The largest absolute Gasteiger partial charge is 0.495 e. The molecule has 3 nitrogen and oxygen atoms in total. The number of unbranched alkanes of at least 4 members (excludes halogenated alkanes) is 6. The number of hydrogen-bond acceptors (Lipinski definition) is 2. The fraction of sp³-hybridized carbons (Fsp3) is 0.588. The predicted octanol–water partition coefficient (Wildman–Crippen LogP) is 4.77. The van der Waals surface area contributed by atoms with Crippen LogP contribution in [-0.2, 0) is 4.79 Å². The smallest absolute Gasteiger partial charge is 0.224 e. The number of ether oxygens (including phenoxy) is 1. The summed E-state index contributed by atoms with van der Waals surface area (Å²) in [7, 11) is 1.61. The summed E-state index contributed by atoms with van der Waals surface area (Å²) in [4.78, 5) is 11.8. The van der Waals surface area contributed by atoms with Gasteiger partial charge in [-0.3, -0.25) is 4.79 Å². The van der Waals surface area contributed by atoms with Gasteiger partial charge in [-0.15, -0.1) is 0 Å². The molecule has 1 rings (SSSR count). The quantitative estimate of drug-likeness (QED) is 0.625. The molecule has 0 unspecified atom stereocenters. The van der Waals surface area contributed by atoms with E-state index < -0.39 is 0 Å². The number of methoxy groups -OCH3 is 1. The highest BCUT2D eigenvalue weighted by Crippen LogP contribution is 2.23. The highest BCUT2D eigenvalue weighted by atomic mass is 16.5. The van der Waals surface area contributed by atoms with Crippen LogP contribution in [0.1, 0.15) is 58.3 Å². The van der Waals surface area contributed by atoms with Crippen LogP contribution in [0.15, 0.2) is 24.3 Å². The first-order valence-electron chi connectivity index (χ1n) is 7.70. The second-order valence-corrected chi connectivity index (χ2v) is 5.12. The van der Waals surface area contributed by atoms with Gasteiger partial charge in [0.2, 0.25) is 5.91 Å². The predicted molar refractivity (Wildman–Crippen MR) is 84.2 cm³/mol. The first kappa shape index (κ1) is 16.5. The molecule has 0 aliphatic rings. The van der Waals surface area contributed by atoms with Gasteiger partial charge in [0.05, 0.1) is 12.8 Å². The van der Waals surface area contributed by atoms with Crippen molar-refractivity contribution in [1.29, 1.82) is 0 Å². The molecule has 1 aromatic carbocycles. The van der Waals surface area contributed by atoms with E-state index in [0.717, 1.165) is 18.5 Å². The van der Waals surface area contributed by atoms with E-state index >= 15 is 0 Å². The lowest BCUT2D eigenvalue weighted by Gasteiger charge is -2.09. The number of nitrogens with one attached hydrogen (secondary N) is 1. The van der Waals surface area contributed by atoms with Gasteiger partial charge < -0.3 is 10.1 Å². The molecule has 112 valence electrons. The molecule has 0 heterocycles. The number of anilines is 1. The van der Waals surface area contributed by atoms with Gasteiger partial charge in [0.1, 0.15) is 5.75 Å². The third-order valence-electron chi connectivity index (χ3n) is 3.39. The molecule has 0 saturated heterocycles. The van der Waals surface area contributed by atoms with Crippen LogP contribution in [-0.4, -0.2) is 13.0 Å². The van der Waals surface area contributed by atoms with Crippen molar-refractivity contribution in [2.24, 2.45) is 0 Å². The summed E-state index contributed by atoms with van der Waals surface area (Å²) in [5.74, 6) is 0.781. The fourth-order valence-corrected chi connectivity index (χ4v) is 2.20. The average Bonchev–Trinajstić information content (AvgIpc) is 2.47. The fourth-order valence-electron chi connectivity index (χ4n) is 2.20. The molecule has 1 amide bonds. The van der Waals surface area contributed by atoms with Crippen molar-refractivity contribution in [2.75, 3.05) is 12.4 Å². The van der Waals surface area contributed by atoms with Crippen molar-refractivity contribution in [2.45, 2.75) is 58.3 Å². The van der Waals surface area contributed by atoms with Gasteiger partial charge in [0.15, 0.2) is 0 Å². The van der Waals surface area contributed by atoms with Gasteiger partial charge >= 0.3 is 0 Å². The van der Waals surface area contributed by atoms with Crippen LogP contribution in [0.2, 0.25) is 0 Å². The van der Waals surface area contributed by atoms with Crippen LogP contribution in [0.25, 0.3) is 0 Å². The minimum Gasteiger partial charge on any atom is -0.495 e. The number of rotatable bonds is 10. The minimum absolute atomic E-state index is 0.0723. The third kappa shape index (κ3) is 6.60. The van der Waals surface area contributed by atoms with Crippen LogP contribution < -0.4 is 10.1 Å². The molecule has 3 heteroatoms. The molecule has 0 aromatic heterocycles. The molecule has 1 N–H and O–H groups in total. The molecule has 20 heavy (non-hydrogen) atoms. The molecule has 0 aliphatic heterocycles. The first-order chi connectivity index (χ1) is 9.77. The Bertz CT molecular complexity index is 390. The number of benzene rings is 1. The van der Waals surface area contributed by atoms with Gasteiger partial charge in [0, 0.05) is 6.42 Å². The Kier molecular flexibility index (Phi) is 8.52. The summed E-state index contributed by atoms with van der Waals surface area (Å²) in [6, 6.07) is 7.50. The van der Waals surface area contributed by atoms with Crippen molar-refractivity contribution in [3.63, 3.8) is 0 Å². The van der Waals surface area contributed by atoms with E-state index in [1.807, 2.05) is 24.3 Å². The summed E-state index contributed by atoms with van der Waals surface area (Å²) < 4.78 is 5.21. The zero-order valence-corrected chi connectivity index (χ0v) is 12.8. The number of para-hydroxylation sites is 2. The summed E-state index contributed by atoms with van der Waals surface area (Å²) in [6.07, 6.45) is 9.16. The van der Waals surface area contributed by atoms with Crippen LogP contribution in [0.4, 0.5) is 5.69 Å². The molecule has 0 atom stereocenters. The lowest BCUT2D eigenvalue weighted by atomic mass is 10.1. The van der Waals surface area contributed by atoms with Crippen LogP contribution in [0.3, 0.4) is 0 Å². The monoisotopic (exact) mass is 277 g/mol. The van der Waals surface area contributed by atoms with Crippen molar-refractivity contribution in [3.8, 4) is 5.75 Å². The number of carbonyl (C=O) groups is 1. The van der Waals surface area contributed by atoms with Gasteiger partial charge in [-0.05, 0) is 18.6 Å². The first-order valence-corrected chi connectivity index (χ1v) is 7.70. The summed E-state index contributed by atoms with van der Waals surface area (Å²) in [5.41, 5.74) is 0.753. The molecular formula is C17H27NO2. The number of carbonyl (C=O) groups excluding carboxylic acids is 1. The van der Waals surface area contributed by atoms with Gasteiger partial charge in [-0.25, -0.2) is 0 Å². The Morgan fingerprint density at radius 3 is 2.40 bits per heavy atom. The molecule has 0 radical (unpaired) electrons. The van der Waals surface area contributed by atoms with Crippen LogP contribution in [0, 0.1) is 0 Å². The van der Waals surface area contributed by atoms with Crippen molar-refractivity contribution >= 4 is 11.6 Å². The Morgan fingerprint density at radius 1 is 1.05 bits per heavy atom. The minimum atomic E-state index is 0.0723. The SMILES string of the molecule is CCCCCCCCCC(=O)Nc1ccccc1OC. The van der Waals surface area contributed by atoms with Crippen LogP contribution in [0.5, 0.6) is 5.75 Å². The number of hydrogen-bond donors (Lipinski definition) is 1. The molecule has 0 saturated carbocycles. The van der Waals surface area contributed by atoms with E-state index in [0.29, 0.717) is 12.2 Å². The standard InChI is InChI=1S/C17H27NO2/c1-3-4-5-6-7-8-9-14-17(19)18-15-12-10-11-13-16(15)20-2/h10-13H,3-9,14H2,1-2H3,(H,18,19). The van der Waals surface area contributed by atoms with E-state index in [2.05, 4.69) is 12.2 Å². The van der Waals surface area contributed by atoms with E-state index in [1.165, 1.54) is 32.1 Å². The second kappa shape index (κ2) is 10.3. The normalized spacial score (nSPS) is 10.3. The highest BCUT2D eigenvalue weighted by molar-refractivity contribution is 5.92. The van der Waals surface area contributed by atoms with Crippen molar-refractivity contribution in [3.05, 3.63) is 24.3 Å².